The van der Waals surface area contributed by atoms with E-state index >= 15 is 0 Å². The lowest BCUT2D eigenvalue weighted by atomic mass is 10.1. The standard InChI is InChI=1S/C14H11BrF2O5/c1-14(2)21-11(18)8(12(19)22-14)5-7-3-4-10(9(15)6-7)20-13(16)17/h3-6,13H,1-2H3. The fourth-order valence-corrected chi connectivity index (χ4v) is 2.23. The largest absolute Gasteiger partial charge is 0.434 e. The number of hydrogen-bond donors (Lipinski definition) is 0. The highest BCUT2D eigenvalue weighted by molar-refractivity contribution is 9.10. The first kappa shape index (κ1) is 16.4. The van der Waals surface area contributed by atoms with Crippen LogP contribution in [0, 0.1) is 0 Å². The monoisotopic (exact) mass is 376 g/mol. The summed E-state index contributed by atoms with van der Waals surface area (Å²) in [4.78, 5) is 23.6. The van der Waals surface area contributed by atoms with Crippen LogP contribution >= 0.6 is 15.9 Å². The van der Waals surface area contributed by atoms with Gasteiger partial charge in [-0.25, -0.2) is 9.59 Å². The fraction of sp³-hybridized carbons (Fsp3) is 0.286. The fourth-order valence-electron chi connectivity index (χ4n) is 1.74. The summed E-state index contributed by atoms with van der Waals surface area (Å²) in [6.45, 7) is -0.0785. The second-order valence-electron chi connectivity index (χ2n) is 4.81. The third-order valence-electron chi connectivity index (χ3n) is 2.60. The third-order valence-corrected chi connectivity index (χ3v) is 3.22. The number of ether oxygens (including phenoxy) is 3. The second kappa shape index (κ2) is 6.04. The SMILES string of the molecule is CC1(C)OC(=O)C(=Cc2ccc(OC(F)F)c(Br)c2)C(=O)O1. The molecule has 1 heterocycles. The number of cyclic esters (lactones) is 2. The zero-order chi connectivity index (χ0) is 16.5. The van der Waals surface area contributed by atoms with Gasteiger partial charge < -0.3 is 14.2 Å². The van der Waals surface area contributed by atoms with Crippen molar-refractivity contribution in [2.24, 2.45) is 0 Å². The summed E-state index contributed by atoms with van der Waals surface area (Å²) >= 11 is 3.07. The van der Waals surface area contributed by atoms with Gasteiger partial charge in [-0.2, -0.15) is 8.78 Å². The molecule has 0 bridgehead atoms. The smallest absolute Gasteiger partial charge is 0.387 e. The number of rotatable bonds is 3. The number of alkyl halides is 2. The van der Waals surface area contributed by atoms with Crippen molar-refractivity contribution in [2.45, 2.75) is 26.2 Å². The molecule has 1 aliphatic heterocycles. The Kier molecular flexibility index (Phi) is 4.50. The van der Waals surface area contributed by atoms with Gasteiger partial charge in [-0.05, 0) is 39.7 Å². The summed E-state index contributed by atoms with van der Waals surface area (Å²) in [5, 5.41) is 0. The van der Waals surface area contributed by atoms with Crippen molar-refractivity contribution in [3.63, 3.8) is 0 Å². The molecule has 1 saturated heterocycles. The minimum Gasteiger partial charge on any atom is -0.434 e. The molecule has 0 aromatic heterocycles. The molecule has 0 N–H and O–H groups in total. The van der Waals surface area contributed by atoms with Crippen LogP contribution in [0.5, 0.6) is 5.75 Å². The van der Waals surface area contributed by atoms with Crippen LogP contribution in [0.25, 0.3) is 6.08 Å². The number of halogens is 3. The summed E-state index contributed by atoms with van der Waals surface area (Å²) in [7, 11) is 0. The van der Waals surface area contributed by atoms with Crippen LogP contribution in [-0.2, 0) is 19.1 Å². The molecule has 22 heavy (non-hydrogen) atoms. The van der Waals surface area contributed by atoms with Crippen molar-refractivity contribution < 1.29 is 32.6 Å². The van der Waals surface area contributed by atoms with E-state index in [0.29, 0.717) is 5.56 Å². The maximum atomic E-state index is 12.2. The molecule has 118 valence electrons. The van der Waals surface area contributed by atoms with Crippen molar-refractivity contribution in [2.75, 3.05) is 0 Å². The van der Waals surface area contributed by atoms with Gasteiger partial charge in [0.25, 0.3) is 5.79 Å². The van der Waals surface area contributed by atoms with Crippen molar-refractivity contribution in [1.29, 1.82) is 0 Å². The molecule has 0 saturated carbocycles. The lowest BCUT2D eigenvalue weighted by Gasteiger charge is -2.29. The third kappa shape index (κ3) is 3.82. The van der Waals surface area contributed by atoms with Gasteiger partial charge in [0.05, 0.1) is 4.47 Å². The highest BCUT2D eigenvalue weighted by Gasteiger charge is 2.38. The van der Waals surface area contributed by atoms with Gasteiger partial charge in [-0.15, -0.1) is 0 Å². The topological polar surface area (TPSA) is 61.8 Å². The van der Waals surface area contributed by atoms with Gasteiger partial charge in [0.15, 0.2) is 0 Å². The molecule has 0 aliphatic carbocycles. The van der Waals surface area contributed by atoms with E-state index in [1.54, 1.807) is 0 Å². The molecule has 0 amide bonds. The summed E-state index contributed by atoms with van der Waals surface area (Å²) in [5.41, 5.74) is 0.130. The van der Waals surface area contributed by atoms with Gasteiger partial charge >= 0.3 is 18.6 Å². The Morgan fingerprint density at radius 1 is 1.23 bits per heavy atom. The van der Waals surface area contributed by atoms with Crippen molar-refractivity contribution in [3.8, 4) is 5.75 Å². The average Bonchev–Trinajstić information content (AvgIpc) is 2.35. The molecular weight excluding hydrogens is 366 g/mol. The molecule has 1 aromatic rings. The molecule has 1 fully saturated rings. The van der Waals surface area contributed by atoms with E-state index in [4.69, 9.17) is 9.47 Å². The van der Waals surface area contributed by atoms with Gasteiger partial charge in [0.2, 0.25) is 0 Å². The predicted octanol–water partition coefficient (Wildman–Crippen LogP) is 3.27. The van der Waals surface area contributed by atoms with E-state index in [-0.39, 0.29) is 15.8 Å². The van der Waals surface area contributed by atoms with Crippen LogP contribution in [-0.4, -0.2) is 24.3 Å². The van der Waals surface area contributed by atoms with E-state index in [1.807, 2.05) is 0 Å². The Hall–Kier alpha value is -1.96. The Labute approximate surface area is 133 Å². The molecule has 5 nitrogen and oxygen atoms in total. The van der Waals surface area contributed by atoms with Crippen LogP contribution in [0.3, 0.4) is 0 Å². The minimum atomic E-state index is -2.95. The highest BCUT2D eigenvalue weighted by Crippen LogP contribution is 2.29. The van der Waals surface area contributed by atoms with E-state index < -0.39 is 24.3 Å². The van der Waals surface area contributed by atoms with Crippen molar-refractivity contribution >= 4 is 33.9 Å². The van der Waals surface area contributed by atoms with Gasteiger partial charge in [0.1, 0.15) is 11.3 Å². The first-order valence-corrected chi connectivity index (χ1v) is 6.90. The maximum Gasteiger partial charge on any atom is 0.387 e. The summed E-state index contributed by atoms with van der Waals surface area (Å²) in [6, 6.07) is 4.12. The van der Waals surface area contributed by atoms with Crippen molar-refractivity contribution in [3.05, 3.63) is 33.8 Å². The van der Waals surface area contributed by atoms with Crippen LogP contribution < -0.4 is 4.74 Å². The van der Waals surface area contributed by atoms with Gasteiger partial charge in [-0.3, -0.25) is 0 Å². The van der Waals surface area contributed by atoms with E-state index in [0.717, 1.165) is 0 Å². The van der Waals surface area contributed by atoms with Crippen molar-refractivity contribution in [1.82, 2.24) is 0 Å². The summed E-state index contributed by atoms with van der Waals surface area (Å²) in [5.74, 6) is -3.01. The molecule has 0 spiro atoms. The number of carbonyl (C=O) groups is 2. The number of benzene rings is 1. The molecule has 2 rings (SSSR count). The molecule has 0 radical (unpaired) electrons. The summed E-state index contributed by atoms with van der Waals surface area (Å²) in [6.07, 6.45) is 1.25. The first-order valence-electron chi connectivity index (χ1n) is 6.11. The molecular formula is C14H11BrF2O5. The van der Waals surface area contributed by atoms with Gasteiger partial charge in [-0.1, -0.05) is 6.07 Å². The van der Waals surface area contributed by atoms with Crippen LogP contribution in [0.4, 0.5) is 8.78 Å². The molecule has 1 aliphatic rings. The number of carbonyl (C=O) groups excluding carboxylic acids is 2. The molecule has 0 unspecified atom stereocenters. The minimum absolute atomic E-state index is 0.0629. The first-order chi connectivity index (χ1) is 10.2. The number of hydrogen-bond acceptors (Lipinski definition) is 5. The number of esters is 2. The zero-order valence-corrected chi connectivity index (χ0v) is 13.1. The average molecular weight is 377 g/mol. The van der Waals surface area contributed by atoms with Crippen LogP contribution in [0.2, 0.25) is 0 Å². The maximum absolute atomic E-state index is 12.2. The Balaban J connectivity index is 2.28. The van der Waals surface area contributed by atoms with E-state index in [9.17, 15) is 18.4 Å². The molecule has 8 heteroatoms. The highest BCUT2D eigenvalue weighted by atomic mass is 79.9. The molecule has 0 atom stereocenters. The Bertz CT molecular complexity index is 633. The Morgan fingerprint density at radius 3 is 2.32 bits per heavy atom. The van der Waals surface area contributed by atoms with E-state index in [1.165, 1.54) is 38.1 Å². The molecule has 1 aromatic carbocycles. The normalized spacial score (nSPS) is 17.1. The Morgan fingerprint density at radius 2 is 1.82 bits per heavy atom. The zero-order valence-electron chi connectivity index (χ0n) is 11.6. The van der Waals surface area contributed by atoms with Gasteiger partial charge in [0, 0.05) is 13.8 Å². The quantitative estimate of drug-likeness (QED) is 0.460. The summed E-state index contributed by atoms with van der Waals surface area (Å²) < 4.78 is 38.8. The van der Waals surface area contributed by atoms with E-state index in [2.05, 4.69) is 20.7 Å². The lowest BCUT2D eigenvalue weighted by molar-refractivity contribution is -0.222. The lowest BCUT2D eigenvalue weighted by Crippen LogP contribution is -2.41. The predicted molar refractivity (Wildman–Crippen MR) is 75.0 cm³/mol. The van der Waals surface area contributed by atoms with Crippen LogP contribution in [0.1, 0.15) is 19.4 Å². The van der Waals surface area contributed by atoms with Crippen LogP contribution in [0.15, 0.2) is 28.2 Å². The second-order valence-corrected chi connectivity index (χ2v) is 5.66.